The van der Waals surface area contributed by atoms with E-state index in [1.54, 1.807) is 41.8 Å². The molecule has 0 saturated carbocycles. The van der Waals surface area contributed by atoms with E-state index >= 15 is 0 Å². The highest BCUT2D eigenvalue weighted by atomic mass is 32.2. The molecule has 1 saturated heterocycles. The third kappa shape index (κ3) is 8.91. The van der Waals surface area contributed by atoms with Crippen molar-refractivity contribution in [1.29, 1.82) is 0 Å². The number of alkyl halides is 3. The van der Waals surface area contributed by atoms with Crippen LogP contribution in [0.15, 0.2) is 101 Å². The first kappa shape index (κ1) is 37.2. The lowest BCUT2D eigenvalue weighted by Gasteiger charge is -2.26. The zero-order valence-electron chi connectivity index (χ0n) is 28.5. The zero-order chi connectivity index (χ0) is 36.8. The van der Waals surface area contributed by atoms with Crippen LogP contribution in [-0.2, 0) is 34.4 Å². The minimum atomic E-state index is -4.41. The second-order valence-corrected chi connectivity index (χ2v) is 13.8. The molecule has 1 fully saturated rings. The topological polar surface area (TPSA) is 63.6 Å². The molecule has 6 nitrogen and oxygen atoms in total. The molecule has 1 aliphatic rings. The predicted molar refractivity (Wildman–Crippen MR) is 193 cm³/mol. The van der Waals surface area contributed by atoms with Crippen LogP contribution in [0.25, 0.3) is 22.0 Å². The van der Waals surface area contributed by atoms with E-state index in [1.165, 1.54) is 30.3 Å². The van der Waals surface area contributed by atoms with Crippen LogP contribution in [0.4, 0.5) is 22.0 Å². The smallest absolute Gasteiger partial charge is 0.379 e. The molecular formula is C40H38F5N3O3S. The number of fused-ring (bicyclic) bond motifs is 1. The predicted octanol–water partition coefficient (Wildman–Crippen LogP) is 8.40. The van der Waals surface area contributed by atoms with Crippen LogP contribution in [0.2, 0.25) is 0 Å². The van der Waals surface area contributed by atoms with Crippen LogP contribution >= 0.6 is 11.8 Å². The second kappa shape index (κ2) is 16.4. The molecule has 0 spiro atoms. The van der Waals surface area contributed by atoms with Gasteiger partial charge in [0.1, 0.15) is 6.04 Å². The number of thioether (sulfide) groups is 1. The quantitative estimate of drug-likeness (QED) is 0.103. The van der Waals surface area contributed by atoms with Crippen molar-refractivity contribution in [3.63, 3.8) is 0 Å². The number of aromatic nitrogens is 1. The Hall–Kier alpha value is -4.52. The van der Waals surface area contributed by atoms with Crippen molar-refractivity contribution in [2.24, 2.45) is 0 Å². The average Bonchev–Trinajstić information content (AvgIpc) is 3.14. The van der Waals surface area contributed by atoms with E-state index in [4.69, 9.17) is 4.74 Å². The summed E-state index contributed by atoms with van der Waals surface area (Å²) in [6, 6.07) is 22.3. The standard InChI is InChI=1S/C40H38F5N3O3S/c1-26(39(50)46-24-28-7-10-29(11-8-28)30-12-14-32(15-13-30)40(43,44)45)48-35-22-27(4-3-17-47-18-20-51-21-19-47)9-16-33(35)36(49)23-37(48)52-25-31-5-2-6-34(41)38(31)42/h2,5-16,22-23,26H,3-4,17-21,24-25H2,1H3,(H,46,50). The van der Waals surface area contributed by atoms with Gasteiger partial charge < -0.3 is 14.6 Å². The molecule has 1 aliphatic heterocycles. The first-order valence-corrected chi connectivity index (χ1v) is 18.0. The molecule has 6 rings (SSSR count). The summed E-state index contributed by atoms with van der Waals surface area (Å²) in [5, 5.41) is 3.85. The van der Waals surface area contributed by atoms with E-state index in [1.807, 2.05) is 12.1 Å². The molecule has 0 radical (unpaired) electrons. The summed E-state index contributed by atoms with van der Waals surface area (Å²) >= 11 is 1.15. The molecule has 272 valence electrons. The summed E-state index contributed by atoms with van der Waals surface area (Å²) in [5.41, 5.74) is 2.89. The Morgan fingerprint density at radius 3 is 2.27 bits per heavy atom. The third-order valence-electron chi connectivity index (χ3n) is 9.26. The third-order valence-corrected chi connectivity index (χ3v) is 10.3. The van der Waals surface area contributed by atoms with E-state index in [9.17, 15) is 31.5 Å². The lowest BCUT2D eigenvalue weighted by Crippen LogP contribution is -2.36. The molecule has 1 atom stereocenters. The Balaban J connectivity index is 1.23. The number of halogens is 5. The molecule has 5 aromatic rings. The van der Waals surface area contributed by atoms with Gasteiger partial charge in [-0.15, -0.1) is 11.8 Å². The highest BCUT2D eigenvalue weighted by Crippen LogP contribution is 2.32. The Kier molecular flexibility index (Phi) is 11.8. The maximum absolute atomic E-state index is 14.6. The lowest BCUT2D eigenvalue weighted by molar-refractivity contribution is -0.137. The second-order valence-electron chi connectivity index (χ2n) is 12.8. The number of amides is 1. The summed E-state index contributed by atoms with van der Waals surface area (Å²) in [6.45, 7) is 6.03. The molecule has 0 bridgehead atoms. The Morgan fingerprint density at radius 1 is 0.904 bits per heavy atom. The highest BCUT2D eigenvalue weighted by molar-refractivity contribution is 7.98. The number of pyridine rings is 1. The maximum Gasteiger partial charge on any atom is 0.416 e. The van der Waals surface area contributed by atoms with Crippen molar-refractivity contribution >= 4 is 28.6 Å². The lowest BCUT2D eigenvalue weighted by atomic mass is 10.0. The Bertz CT molecular complexity index is 2080. The molecule has 1 N–H and O–H groups in total. The molecule has 1 unspecified atom stereocenters. The molecule has 4 aromatic carbocycles. The maximum atomic E-state index is 14.6. The van der Waals surface area contributed by atoms with Gasteiger partial charge in [0.25, 0.3) is 0 Å². The minimum absolute atomic E-state index is 0.0351. The number of nitrogens with one attached hydrogen (secondary N) is 1. The van der Waals surface area contributed by atoms with Crippen molar-refractivity contribution in [3.8, 4) is 11.1 Å². The van der Waals surface area contributed by atoms with Crippen molar-refractivity contribution < 1.29 is 31.5 Å². The Labute approximate surface area is 302 Å². The minimum Gasteiger partial charge on any atom is -0.379 e. The van der Waals surface area contributed by atoms with Gasteiger partial charge in [0.05, 0.1) is 29.3 Å². The van der Waals surface area contributed by atoms with Crippen molar-refractivity contribution in [2.75, 3.05) is 32.8 Å². The number of carbonyl (C=O) groups is 1. The van der Waals surface area contributed by atoms with E-state index in [2.05, 4.69) is 10.2 Å². The fourth-order valence-electron chi connectivity index (χ4n) is 6.29. The van der Waals surface area contributed by atoms with Gasteiger partial charge in [0.2, 0.25) is 5.91 Å². The van der Waals surface area contributed by atoms with Gasteiger partial charge in [-0.1, -0.05) is 54.6 Å². The molecule has 0 aliphatic carbocycles. The number of morpholine rings is 1. The van der Waals surface area contributed by atoms with Gasteiger partial charge in [-0.3, -0.25) is 14.5 Å². The van der Waals surface area contributed by atoms with E-state index in [-0.39, 0.29) is 29.2 Å². The van der Waals surface area contributed by atoms with Crippen LogP contribution in [0.5, 0.6) is 0 Å². The first-order valence-electron chi connectivity index (χ1n) is 17.1. The number of rotatable bonds is 12. The monoisotopic (exact) mass is 735 g/mol. The molecule has 1 amide bonds. The summed E-state index contributed by atoms with van der Waals surface area (Å²) in [5.74, 6) is -2.21. The molecule has 2 heterocycles. The SMILES string of the molecule is CC(C(=O)NCc1ccc(-c2ccc(C(F)(F)F)cc2)cc1)n1c(SCc2cccc(F)c2F)cc(=O)c2ccc(CCCN3CCOCC3)cc21. The molecule has 52 heavy (non-hydrogen) atoms. The first-order chi connectivity index (χ1) is 25.0. The number of hydrogen-bond acceptors (Lipinski definition) is 5. The molecule has 12 heteroatoms. The van der Waals surface area contributed by atoms with Crippen LogP contribution in [0.3, 0.4) is 0 Å². The van der Waals surface area contributed by atoms with Crippen LogP contribution in [-0.4, -0.2) is 48.2 Å². The van der Waals surface area contributed by atoms with Gasteiger partial charge in [0.15, 0.2) is 17.1 Å². The van der Waals surface area contributed by atoms with Crippen molar-refractivity contribution in [2.45, 2.75) is 49.3 Å². The Morgan fingerprint density at radius 2 is 1.58 bits per heavy atom. The molecule has 1 aromatic heterocycles. The van der Waals surface area contributed by atoms with Gasteiger partial charge in [-0.2, -0.15) is 13.2 Å². The summed E-state index contributed by atoms with van der Waals surface area (Å²) in [4.78, 5) is 29.5. The largest absolute Gasteiger partial charge is 0.416 e. The van der Waals surface area contributed by atoms with Crippen molar-refractivity contribution in [1.82, 2.24) is 14.8 Å². The van der Waals surface area contributed by atoms with Gasteiger partial charge >= 0.3 is 6.18 Å². The highest BCUT2D eigenvalue weighted by Gasteiger charge is 2.30. The van der Waals surface area contributed by atoms with Crippen molar-refractivity contribution in [3.05, 3.63) is 135 Å². The number of ether oxygens (including phenoxy) is 1. The van der Waals surface area contributed by atoms with Crippen LogP contribution in [0.1, 0.15) is 41.6 Å². The number of aryl methyl sites for hydroxylation is 1. The van der Waals surface area contributed by atoms with E-state index in [0.29, 0.717) is 21.5 Å². The normalized spacial score (nSPS) is 14.4. The van der Waals surface area contributed by atoms with Crippen LogP contribution < -0.4 is 10.7 Å². The summed E-state index contributed by atoms with van der Waals surface area (Å²) < 4.78 is 74.8. The fraction of sp³-hybridized carbons (Fsp3) is 0.300. The van der Waals surface area contributed by atoms with Gasteiger partial charge in [-0.25, -0.2) is 8.78 Å². The van der Waals surface area contributed by atoms with Crippen LogP contribution in [0, 0.1) is 11.6 Å². The number of benzene rings is 4. The summed E-state index contributed by atoms with van der Waals surface area (Å²) in [6.07, 6.45) is -2.75. The number of hydrogen-bond donors (Lipinski definition) is 1. The molecular weight excluding hydrogens is 698 g/mol. The number of nitrogens with zero attached hydrogens (tertiary/aromatic N) is 2. The van der Waals surface area contributed by atoms with E-state index in [0.717, 1.165) is 92.3 Å². The number of carbonyl (C=O) groups excluding carboxylic acids is 1. The zero-order valence-corrected chi connectivity index (χ0v) is 29.3. The average molecular weight is 736 g/mol. The van der Waals surface area contributed by atoms with E-state index < -0.39 is 29.4 Å². The summed E-state index contributed by atoms with van der Waals surface area (Å²) in [7, 11) is 0. The van der Waals surface area contributed by atoms with Gasteiger partial charge in [0, 0.05) is 42.4 Å². The van der Waals surface area contributed by atoms with Gasteiger partial charge in [-0.05, 0) is 78.9 Å². The fourth-order valence-corrected chi connectivity index (χ4v) is 7.41.